The molecule has 0 aliphatic heterocycles. The summed E-state index contributed by atoms with van der Waals surface area (Å²) in [4.78, 5) is 11.1. The van der Waals surface area contributed by atoms with Crippen LogP contribution in [0.1, 0.15) is 5.82 Å². The van der Waals surface area contributed by atoms with Crippen molar-refractivity contribution in [2.75, 3.05) is 11.9 Å². The van der Waals surface area contributed by atoms with Crippen LogP contribution in [0.2, 0.25) is 0 Å². The number of hydrogen-bond acceptors (Lipinski definition) is 3. The van der Waals surface area contributed by atoms with E-state index in [4.69, 9.17) is 11.6 Å². The molecule has 0 bridgehead atoms. The van der Waals surface area contributed by atoms with Crippen molar-refractivity contribution in [1.82, 2.24) is 9.97 Å². The Hall–Kier alpha value is -2.13. The summed E-state index contributed by atoms with van der Waals surface area (Å²) in [6.07, 6.45) is 0. The maximum absolute atomic E-state index is 5.91. The van der Waals surface area contributed by atoms with E-state index in [0.29, 0.717) is 11.7 Å². The smallest absolute Gasteiger partial charge is 0.146 e. The molecule has 0 spiro atoms. The Labute approximate surface area is 122 Å². The molecule has 1 heterocycles. The minimum Gasteiger partial charge on any atom is -0.329 e. The lowest BCUT2D eigenvalue weighted by molar-refractivity contribution is 1.03. The van der Waals surface area contributed by atoms with Gasteiger partial charge in [0.2, 0.25) is 0 Å². The molecule has 3 aromatic rings. The van der Waals surface area contributed by atoms with Crippen molar-refractivity contribution in [2.45, 2.75) is 5.88 Å². The molecule has 0 saturated heterocycles. The molecule has 0 atom stereocenters. The second-order valence-electron chi connectivity index (χ2n) is 4.51. The van der Waals surface area contributed by atoms with Gasteiger partial charge in [0.15, 0.2) is 0 Å². The number of aromatic nitrogens is 2. The Morgan fingerprint density at radius 3 is 2.40 bits per heavy atom. The Morgan fingerprint density at radius 1 is 0.950 bits per heavy atom. The van der Waals surface area contributed by atoms with Crippen LogP contribution < -0.4 is 4.90 Å². The van der Waals surface area contributed by atoms with Crippen molar-refractivity contribution in [3.63, 3.8) is 0 Å². The van der Waals surface area contributed by atoms with Crippen molar-refractivity contribution in [3.8, 4) is 0 Å². The van der Waals surface area contributed by atoms with E-state index in [1.54, 1.807) is 0 Å². The summed E-state index contributed by atoms with van der Waals surface area (Å²) >= 11 is 5.91. The van der Waals surface area contributed by atoms with Crippen molar-refractivity contribution < 1.29 is 0 Å². The van der Waals surface area contributed by atoms with E-state index in [9.17, 15) is 0 Å². The van der Waals surface area contributed by atoms with E-state index in [-0.39, 0.29) is 0 Å². The van der Waals surface area contributed by atoms with Crippen LogP contribution in [0.4, 0.5) is 11.5 Å². The molecule has 0 saturated carbocycles. The van der Waals surface area contributed by atoms with Gasteiger partial charge in [-0.2, -0.15) is 0 Å². The first kappa shape index (κ1) is 12.9. The summed E-state index contributed by atoms with van der Waals surface area (Å²) in [5.41, 5.74) is 1.99. The molecule has 0 unspecified atom stereocenters. The first-order valence-corrected chi connectivity index (χ1v) is 6.93. The van der Waals surface area contributed by atoms with Crippen LogP contribution in [0.15, 0.2) is 54.6 Å². The number of halogens is 1. The van der Waals surface area contributed by atoms with Gasteiger partial charge in [0, 0.05) is 18.1 Å². The average Bonchev–Trinajstić information content (AvgIpc) is 2.54. The van der Waals surface area contributed by atoms with Gasteiger partial charge in [-0.1, -0.05) is 30.3 Å². The number of hydrogen-bond donors (Lipinski definition) is 0. The van der Waals surface area contributed by atoms with Crippen LogP contribution in [0.5, 0.6) is 0 Å². The number of fused-ring (bicyclic) bond motifs is 1. The Bertz CT molecular complexity index is 728. The van der Waals surface area contributed by atoms with Gasteiger partial charge in [0.1, 0.15) is 11.6 Å². The summed E-state index contributed by atoms with van der Waals surface area (Å²) < 4.78 is 0. The van der Waals surface area contributed by atoms with Gasteiger partial charge < -0.3 is 4.90 Å². The molecule has 1 aromatic heterocycles. The number of rotatable bonds is 3. The molecular weight excluding hydrogens is 270 g/mol. The first-order valence-electron chi connectivity index (χ1n) is 6.40. The highest BCUT2D eigenvalue weighted by Crippen LogP contribution is 2.28. The molecule has 2 aromatic carbocycles. The molecule has 3 rings (SSSR count). The SMILES string of the molecule is CN(c1ccccc1)c1nc(CCl)nc2ccccc12. The van der Waals surface area contributed by atoms with E-state index >= 15 is 0 Å². The van der Waals surface area contributed by atoms with Crippen LogP contribution in [0, 0.1) is 0 Å². The number of anilines is 2. The monoisotopic (exact) mass is 283 g/mol. The fourth-order valence-corrected chi connectivity index (χ4v) is 2.32. The van der Waals surface area contributed by atoms with Gasteiger partial charge in [-0.25, -0.2) is 9.97 Å². The summed E-state index contributed by atoms with van der Waals surface area (Å²) in [7, 11) is 2.00. The van der Waals surface area contributed by atoms with E-state index in [0.717, 1.165) is 22.4 Å². The molecule has 0 amide bonds. The van der Waals surface area contributed by atoms with Crippen LogP contribution in [0.3, 0.4) is 0 Å². The standard InChI is InChI=1S/C16H14ClN3/c1-20(12-7-3-2-4-8-12)16-13-9-5-6-10-14(13)18-15(11-17)19-16/h2-10H,11H2,1H3. The second-order valence-corrected chi connectivity index (χ2v) is 4.78. The van der Waals surface area contributed by atoms with Crippen molar-refractivity contribution >= 4 is 34.0 Å². The maximum atomic E-state index is 5.91. The summed E-state index contributed by atoms with van der Waals surface area (Å²) in [5.74, 6) is 1.82. The van der Waals surface area contributed by atoms with Gasteiger partial charge in [0.25, 0.3) is 0 Å². The third kappa shape index (κ3) is 2.32. The molecule has 4 heteroatoms. The zero-order chi connectivity index (χ0) is 13.9. The molecular formula is C16H14ClN3. The Balaban J connectivity index is 2.19. The maximum Gasteiger partial charge on any atom is 0.146 e. The van der Waals surface area contributed by atoms with Crippen LogP contribution in [0.25, 0.3) is 10.9 Å². The number of para-hydroxylation sites is 2. The van der Waals surface area contributed by atoms with Crippen molar-refractivity contribution in [2.24, 2.45) is 0 Å². The molecule has 0 radical (unpaired) electrons. The molecule has 20 heavy (non-hydrogen) atoms. The van der Waals surface area contributed by atoms with Gasteiger partial charge in [-0.3, -0.25) is 0 Å². The molecule has 3 nitrogen and oxygen atoms in total. The topological polar surface area (TPSA) is 29.0 Å². The minimum atomic E-state index is 0.306. The quantitative estimate of drug-likeness (QED) is 0.677. The summed E-state index contributed by atoms with van der Waals surface area (Å²) in [6, 6.07) is 18.1. The Kier molecular flexibility index (Phi) is 3.52. The van der Waals surface area contributed by atoms with Gasteiger partial charge in [0.05, 0.1) is 11.4 Å². The highest BCUT2D eigenvalue weighted by Gasteiger charge is 2.12. The third-order valence-corrected chi connectivity index (χ3v) is 3.45. The fraction of sp³-hybridized carbons (Fsp3) is 0.125. The van der Waals surface area contributed by atoms with Crippen LogP contribution in [-0.2, 0) is 5.88 Å². The fourth-order valence-electron chi connectivity index (χ4n) is 2.20. The average molecular weight is 284 g/mol. The Morgan fingerprint density at radius 2 is 1.65 bits per heavy atom. The number of alkyl halides is 1. The first-order chi connectivity index (χ1) is 9.79. The predicted octanol–water partition coefficient (Wildman–Crippen LogP) is 4.14. The van der Waals surface area contributed by atoms with Crippen molar-refractivity contribution in [3.05, 3.63) is 60.4 Å². The zero-order valence-corrected chi connectivity index (χ0v) is 11.9. The number of benzene rings is 2. The zero-order valence-electron chi connectivity index (χ0n) is 11.1. The van der Waals surface area contributed by atoms with Crippen molar-refractivity contribution in [1.29, 1.82) is 0 Å². The summed E-state index contributed by atoms with van der Waals surface area (Å²) in [5, 5.41) is 1.02. The van der Waals surface area contributed by atoms with Gasteiger partial charge in [-0.15, -0.1) is 11.6 Å². The van der Waals surface area contributed by atoms with E-state index < -0.39 is 0 Å². The van der Waals surface area contributed by atoms with E-state index in [1.807, 2.05) is 49.5 Å². The predicted molar refractivity (Wildman–Crippen MR) is 83.6 cm³/mol. The van der Waals surface area contributed by atoms with Crippen LogP contribution in [-0.4, -0.2) is 17.0 Å². The minimum absolute atomic E-state index is 0.306. The lowest BCUT2D eigenvalue weighted by Crippen LogP contribution is -2.13. The normalized spacial score (nSPS) is 10.7. The van der Waals surface area contributed by atoms with Gasteiger partial charge in [-0.05, 0) is 24.3 Å². The molecule has 0 fully saturated rings. The largest absolute Gasteiger partial charge is 0.329 e. The van der Waals surface area contributed by atoms with E-state index in [2.05, 4.69) is 27.0 Å². The second kappa shape index (κ2) is 5.47. The van der Waals surface area contributed by atoms with E-state index in [1.165, 1.54) is 0 Å². The summed E-state index contributed by atoms with van der Waals surface area (Å²) in [6.45, 7) is 0. The van der Waals surface area contributed by atoms with Gasteiger partial charge >= 0.3 is 0 Å². The molecule has 0 aliphatic carbocycles. The van der Waals surface area contributed by atoms with Crippen LogP contribution >= 0.6 is 11.6 Å². The third-order valence-electron chi connectivity index (χ3n) is 3.21. The molecule has 0 aliphatic rings. The highest BCUT2D eigenvalue weighted by molar-refractivity contribution is 6.16. The highest BCUT2D eigenvalue weighted by atomic mass is 35.5. The molecule has 0 N–H and O–H groups in total. The lowest BCUT2D eigenvalue weighted by Gasteiger charge is -2.20. The lowest BCUT2D eigenvalue weighted by atomic mass is 10.2. The number of nitrogens with zero attached hydrogens (tertiary/aromatic N) is 3. The molecule has 100 valence electrons.